The van der Waals surface area contributed by atoms with Gasteiger partial charge in [-0.05, 0) is 37.1 Å². The molecule has 0 unspecified atom stereocenters. The van der Waals surface area contributed by atoms with Crippen molar-refractivity contribution in [3.8, 4) is 5.88 Å². The molecule has 0 radical (unpaired) electrons. The third kappa shape index (κ3) is 2.72. The fourth-order valence-electron chi connectivity index (χ4n) is 2.63. The highest BCUT2D eigenvalue weighted by Gasteiger charge is 2.22. The van der Waals surface area contributed by atoms with Gasteiger partial charge in [-0.15, -0.1) is 0 Å². The van der Waals surface area contributed by atoms with Crippen molar-refractivity contribution in [3.63, 3.8) is 0 Å². The van der Waals surface area contributed by atoms with Crippen molar-refractivity contribution >= 4 is 23.2 Å². The maximum Gasteiger partial charge on any atom is 0.230 e. The highest BCUT2D eigenvalue weighted by molar-refractivity contribution is 5.96. The van der Waals surface area contributed by atoms with E-state index in [1.165, 1.54) is 0 Å². The zero-order valence-electron chi connectivity index (χ0n) is 12.7. The first-order valence-corrected chi connectivity index (χ1v) is 7.28. The molecule has 0 aliphatic carbocycles. The van der Waals surface area contributed by atoms with Crippen LogP contribution in [0.5, 0.6) is 5.88 Å². The number of carbonyl (C=O) groups is 1. The highest BCUT2D eigenvalue weighted by atomic mass is 16.5. The first-order valence-electron chi connectivity index (χ1n) is 7.28. The van der Waals surface area contributed by atoms with Crippen LogP contribution in [0.1, 0.15) is 18.9 Å². The quantitative estimate of drug-likeness (QED) is 0.939. The summed E-state index contributed by atoms with van der Waals surface area (Å²) < 4.78 is 5.09. The monoisotopic (exact) mass is 298 g/mol. The van der Waals surface area contributed by atoms with E-state index in [4.69, 9.17) is 4.74 Å². The molecule has 0 fully saturated rings. The van der Waals surface area contributed by atoms with Crippen LogP contribution in [0.15, 0.2) is 30.5 Å². The van der Waals surface area contributed by atoms with Crippen LogP contribution in [-0.2, 0) is 11.2 Å². The third-order valence-electron chi connectivity index (χ3n) is 3.69. The lowest BCUT2D eigenvalue weighted by Gasteiger charge is -2.28. The summed E-state index contributed by atoms with van der Waals surface area (Å²) in [7, 11) is 1.57. The van der Waals surface area contributed by atoms with Crippen molar-refractivity contribution in [2.75, 3.05) is 23.9 Å². The average Bonchev–Trinajstić information content (AvgIpc) is 2.55. The second-order valence-corrected chi connectivity index (χ2v) is 5.03. The Morgan fingerprint density at radius 2 is 2.18 bits per heavy atom. The summed E-state index contributed by atoms with van der Waals surface area (Å²) in [5, 5.41) is 3.17. The molecular formula is C16H18N4O2. The van der Waals surface area contributed by atoms with Crippen LogP contribution >= 0.6 is 0 Å². The maximum absolute atomic E-state index is 11.9. The molecular weight excluding hydrogens is 280 g/mol. The smallest absolute Gasteiger partial charge is 0.230 e. The standard InChI is InChI=1S/C16H18N4O2/c1-3-20-13-6-5-12(10-11(13)4-7-15(20)21)18-16-17-9-8-14(19-16)22-2/h5-6,8-10H,3-4,7H2,1-2H3,(H,17,18,19). The highest BCUT2D eigenvalue weighted by Crippen LogP contribution is 2.30. The molecule has 6 nitrogen and oxygen atoms in total. The van der Waals surface area contributed by atoms with E-state index in [2.05, 4.69) is 15.3 Å². The summed E-state index contributed by atoms with van der Waals surface area (Å²) in [4.78, 5) is 22.1. The second kappa shape index (κ2) is 6.01. The Morgan fingerprint density at radius 3 is 2.95 bits per heavy atom. The van der Waals surface area contributed by atoms with Crippen molar-refractivity contribution in [2.45, 2.75) is 19.8 Å². The van der Waals surface area contributed by atoms with Crippen LogP contribution in [0.4, 0.5) is 17.3 Å². The van der Waals surface area contributed by atoms with Crippen molar-refractivity contribution in [1.82, 2.24) is 9.97 Å². The van der Waals surface area contributed by atoms with Gasteiger partial charge in [0.25, 0.3) is 0 Å². The fraction of sp³-hybridized carbons (Fsp3) is 0.312. The minimum Gasteiger partial charge on any atom is -0.481 e. The van der Waals surface area contributed by atoms with E-state index in [9.17, 15) is 4.79 Å². The molecule has 1 aromatic carbocycles. The SMILES string of the molecule is CCN1C(=O)CCc2cc(Nc3nccc(OC)n3)ccc21. The number of fused-ring (bicyclic) bond motifs is 1. The minimum atomic E-state index is 0.187. The number of rotatable bonds is 4. The van der Waals surface area contributed by atoms with Gasteiger partial charge in [0.2, 0.25) is 17.7 Å². The molecule has 2 aromatic rings. The number of benzene rings is 1. The molecule has 0 saturated heterocycles. The first kappa shape index (κ1) is 14.3. The number of hydrogen-bond donors (Lipinski definition) is 1. The van der Waals surface area contributed by atoms with Gasteiger partial charge in [0.05, 0.1) is 7.11 Å². The zero-order chi connectivity index (χ0) is 15.5. The summed E-state index contributed by atoms with van der Waals surface area (Å²) in [5.41, 5.74) is 3.06. The summed E-state index contributed by atoms with van der Waals surface area (Å²) in [6.45, 7) is 2.68. The molecule has 0 saturated carbocycles. The first-order chi connectivity index (χ1) is 10.7. The normalized spacial score (nSPS) is 13.7. The Kier molecular flexibility index (Phi) is 3.91. The molecule has 1 amide bonds. The van der Waals surface area contributed by atoms with Gasteiger partial charge < -0.3 is 15.0 Å². The van der Waals surface area contributed by atoms with E-state index in [0.29, 0.717) is 24.8 Å². The predicted octanol–water partition coefficient (Wildman–Crippen LogP) is 2.53. The summed E-state index contributed by atoms with van der Waals surface area (Å²) in [6.07, 6.45) is 2.96. The molecule has 1 aromatic heterocycles. The van der Waals surface area contributed by atoms with Crippen LogP contribution < -0.4 is 15.0 Å². The van der Waals surface area contributed by atoms with E-state index < -0.39 is 0 Å². The lowest BCUT2D eigenvalue weighted by molar-refractivity contribution is -0.118. The number of hydrogen-bond acceptors (Lipinski definition) is 5. The maximum atomic E-state index is 11.9. The molecule has 0 spiro atoms. The van der Waals surface area contributed by atoms with E-state index in [1.807, 2.05) is 30.0 Å². The van der Waals surface area contributed by atoms with Gasteiger partial charge >= 0.3 is 0 Å². The summed E-state index contributed by atoms with van der Waals surface area (Å²) in [5.74, 6) is 1.18. The third-order valence-corrected chi connectivity index (χ3v) is 3.69. The van der Waals surface area contributed by atoms with Crippen LogP contribution in [0.25, 0.3) is 0 Å². The second-order valence-electron chi connectivity index (χ2n) is 5.03. The lowest BCUT2D eigenvalue weighted by Crippen LogP contribution is -2.34. The van der Waals surface area contributed by atoms with Gasteiger partial charge in [0.15, 0.2) is 0 Å². The number of ether oxygens (including phenoxy) is 1. The predicted molar refractivity (Wildman–Crippen MR) is 84.7 cm³/mol. The number of nitrogens with zero attached hydrogens (tertiary/aromatic N) is 3. The molecule has 3 rings (SSSR count). The number of anilines is 3. The van der Waals surface area contributed by atoms with Gasteiger partial charge in [-0.25, -0.2) is 4.98 Å². The molecule has 6 heteroatoms. The zero-order valence-corrected chi connectivity index (χ0v) is 12.7. The van der Waals surface area contributed by atoms with E-state index >= 15 is 0 Å². The number of carbonyl (C=O) groups excluding carboxylic acids is 1. The Labute approximate surface area is 129 Å². The van der Waals surface area contributed by atoms with Crippen molar-refractivity contribution in [2.24, 2.45) is 0 Å². The number of nitrogens with one attached hydrogen (secondary N) is 1. The molecule has 22 heavy (non-hydrogen) atoms. The Morgan fingerprint density at radius 1 is 1.32 bits per heavy atom. The molecule has 0 atom stereocenters. The van der Waals surface area contributed by atoms with E-state index in [1.54, 1.807) is 19.4 Å². The molecule has 114 valence electrons. The molecule has 1 N–H and O–H groups in total. The largest absolute Gasteiger partial charge is 0.481 e. The number of aryl methyl sites for hydroxylation is 1. The van der Waals surface area contributed by atoms with Crippen molar-refractivity contribution in [1.29, 1.82) is 0 Å². The van der Waals surface area contributed by atoms with Crippen LogP contribution in [0.3, 0.4) is 0 Å². The molecule has 0 bridgehead atoms. The van der Waals surface area contributed by atoms with Crippen LogP contribution in [0, 0.1) is 0 Å². The Hall–Kier alpha value is -2.63. The van der Waals surface area contributed by atoms with Crippen LogP contribution in [-0.4, -0.2) is 29.5 Å². The average molecular weight is 298 g/mol. The minimum absolute atomic E-state index is 0.187. The molecule has 1 aliphatic heterocycles. The Balaban J connectivity index is 1.86. The van der Waals surface area contributed by atoms with Gasteiger partial charge in [0, 0.05) is 36.6 Å². The van der Waals surface area contributed by atoms with Gasteiger partial charge in [0.1, 0.15) is 0 Å². The summed E-state index contributed by atoms with van der Waals surface area (Å²) >= 11 is 0. The van der Waals surface area contributed by atoms with Gasteiger partial charge in [-0.3, -0.25) is 4.79 Å². The van der Waals surface area contributed by atoms with Gasteiger partial charge in [-0.2, -0.15) is 4.98 Å². The van der Waals surface area contributed by atoms with E-state index in [-0.39, 0.29) is 5.91 Å². The lowest BCUT2D eigenvalue weighted by atomic mass is 10.0. The van der Waals surface area contributed by atoms with Crippen molar-refractivity contribution < 1.29 is 9.53 Å². The van der Waals surface area contributed by atoms with Crippen LogP contribution in [0.2, 0.25) is 0 Å². The Bertz CT molecular complexity index is 702. The fourth-order valence-corrected chi connectivity index (χ4v) is 2.63. The molecule has 2 heterocycles. The van der Waals surface area contributed by atoms with Gasteiger partial charge in [-0.1, -0.05) is 0 Å². The number of methoxy groups -OCH3 is 1. The number of aromatic nitrogens is 2. The van der Waals surface area contributed by atoms with Crippen molar-refractivity contribution in [3.05, 3.63) is 36.0 Å². The molecule has 1 aliphatic rings. The summed E-state index contributed by atoms with van der Waals surface area (Å²) in [6, 6.07) is 7.65. The van der Waals surface area contributed by atoms with E-state index in [0.717, 1.165) is 23.4 Å². The number of amides is 1. The topological polar surface area (TPSA) is 67.4 Å².